The van der Waals surface area contributed by atoms with E-state index in [1.54, 1.807) is 10.4 Å². The number of nitrogens with zero attached hydrogens (tertiary/aromatic N) is 2. The first-order valence-electron chi connectivity index (χ1n) is 13.7. The van der Waals surface area contributed by atoms with E-state index in [0.29, 0.717) is 0 Å². The third-order valence-corrected chi connectivity index (χ3v) is 18.2. The molecule has 0 radical (unpaired) electrons. The van der Waals surface area contributed by atoms with Gasteiger partial charge in [0.1, 0.15) is 0 Å². The third-order valence-electron chi connectivity index (χ3n) is 7.78. The van der Waals surface area contributed by atoms with Gasteiger partial charge in [0.2, 0.25) is 0 Å². The second-order valence-corrected chi connectivity index (χ2v) is 28.5. The van der Waals surface area contributed by atoms with Crippen LogP contribution in [-0.4, -0.2) is 62.2 Å². The molecule has 2 aromatic rings. The van der Waals surface area contributed by atoms with Gasteiger partial charge >= 0.3 is 0 Å². The van der Waals surface area contributed by atoms with Crippen LogP contribution in [0.2, 0.25) is 63.5 Å². The molecule has 0 aliphatic carbocycles. The molecule has 5 heteroatoms. The molecule has 0 N–H and O–H groups in total. The van der Waals surface area contributed by atoms with Gasteiger partial charge in [-0.1, -0.05) is 135 Å². The molecule has 0 unspecified atom stereocenters. The van der Waals surface area contributed by atoms with E-state index in [0.717, 1.165) is 13.1 Å². The SMILES string of the molecule is CN(C)Cc1ccc([Si](C)(C)CCC[Si](C)(C)CCC[Si](C)(C)c2ccc(CN(C)C)cc2)cc1. The van der Waals surface area contributed by atoms with Gasteiger partial charge in [-0.25, -0.2) is 0 Å². The van der Waals surface area contributed by atoms with E-state index in [1.807, 2.05) is 0 Å². The minimum atomic E-state index is -1.35. The topological polar surface area (TPSA) is 6.48 Å². The van der Waals surface area contributed by atoms with E-state index < -0.39 is 24.2 Å². The normalized spacial score (nSPS) is 13.1. The predicted molar refractivity (Wildman–Crippen MR) is 168 cm³/mol. The second-order valence-electron chi connectivity index (χ2n) is 13.5. The summed E-state index contributed by atoms with van der Waals surface area (Å²) in [7, 11) is 4.75. The zero-order valence-electron chi connectivity index (χ0n) is 24.7. The molecule has 0 aliphatic rings. The van der Waals surface area contributed by atoms with Gasteiger partial charge < -0.3 is 9.80 Å². The quantitative estimate of drug-likeness (QED) is 0.249. The molecule has 0 amide bonds. The lowest BCUT2D eigenvalue weighted by Crippen LogP contribution is -2.42. The van der Waals surface area contributed by atoms with Crippen molar-refractivity contribution in [2.45, 2.75) is 89.4 Å². The molecule has 0 atom stereocenters. The number of benzene rings is 2. The largest absolute Gasteiger partial charge is 0.305 e. The molecule has 2 rings (SSSR count). The monoisotopic (exact) mass is 526 g/mol. The molecule has 0 saturated heterocycles. The maximum atomic E-state index is 2.64. The van der Waals surface area contributed by atoms with Crippen LogP contribution in [0.1, 0.15) is 24.0 Å². The lowest BCUT2D eigenvalue weighted by molar-refractivity contribution is 0.402. The zero-order valence-corrected chi connectivity index (χ0v) is 27.7. The fourth-order valence-corrected chi connectivity index (χ4v) is 13.3. The first-order chi connectivity index (χ1) is 16.2. The van der Waals surface area contributed by atoms with E-state index in [2.05, 4.69) is 126 Å². The third kappa shape index (κ3) is 10.5. The van der Waals surface area contributed by atoms with E-state index in [9.17, 15) is 0 Å². The summed E-state index contributed by atoms with van der Waals surface area (Å²) in [6.45, 7) is 17.6. The molecule has 0 bridgehead atoms. The molecule has 196 valence electrons. The summed E-state index contributed by atoms with van der Waals surface area (Å²) in [4.78, 5) is 4.49. The highest BCUT2D eigenvalue weighted by molar-refractivity contribution is 6.90. The van der Waals surface area contributed by atoms with E-state index in [-0.39, 0.29) is 0 Å². The Morgan fingerprint density at radius 2 is 0.800 bits per heavy atom. The van der Waals surface area contributed by atoms with Gasteiger partial charge in [0.05, 0.1) is 16.1 Å². The fourth-order valence-electron chi connectivity index (χ4n) is 5.28. The van der Waals surface area contributed by atoms with Crippen LogP contribution in [0.3, 0.4) is 0 Å². The van der Waals surface area contributed by atoms with Crippen LogP contribution < -0.4 is 10.4 Å². The van der Waals surface area contributed by atoms with Gasteiger partial charge in [-0.3, -0.25) is 0 Å². The van der Waals surface area contributed by atoms with Crippen LogP contribution in [0.5, 0.6) is 0 Å². The van der Waals surface area contributed by atoms with Crippen LogP contribution in [0.25, 0.3) is 0 Å². The first-order valence-corrected chi connectivity index (χ1v) is 23.5. The van der Waals surface area contributed by atoms with Crippen molar-refractivity contribution in [1.29, 1.82) is 0 Å². The van der Waals surface area contributed by atoms with Crippen LogP contribution in [-0.2, 0) is 13.1 Å². The van der Waals surface area contributed by atoms with Gasteiger partial charge in [-0.05, 0) is 39.3 Å². The Morgan fingerprint density at radius 1 is 0.486 bits per heavy atom. The summed E-state index contributed by atoms with van der Waals surface area (Å²) in [6, 6.07) is 24.9. The molecule has 2 aromatic carbocycles. The maximum absolute atomic E-state index is 2.64. The van der Waals surface area contributed by atoms with Crippen molar-refractivity contribution in [1.82, 2.24) is 9.80 Å². The standard InChI is InChI=1S/C30H54N2Si3/c1-31(2)25-27-13-17-29(18-14-27)34(7,8)23-11-21-33(5,6)22-12-24-35(9,10)30-19-15-28(16-20-30)26-32(3)4/h13-20H,11-12,21-26H2,1-10H3. The predicted octanol–water partition coefficient (Wildman–Crippen LogP) is 6.83. The molecule has 35 heavy (non-hydrogen) atoms. The van der Waals surface area contributed by atoms with Crippen molar-refractivity contribution < 1.29 is 0 Å². The Kier molecular flexibility index (Phi) is 11.2. The molecular weight excluding hydrogens is 473 g/mol. The average Bonchev–Trinajstić information content (AvgIpc) is 2.73. The number of rotatable bonds is 14. The van der Waals surface area contributed by atoms with E-state index in [4.69, 9.17) is 0 Å². The van der Waals surface area contributed by atoms with Gasteiger partial charge in [0.25, 0.3) is 0 Å². The highest BCUT2D eigenvalue weighted by Gasteiger charge is 2.28. The second kappa shape index (κ2) is 13.0. The maximum Gasteiger partial charge on any atom is 0.0806 e. The van der Waals surface area contributed by atoms with Crippen LogP contribution in [0.15, 0.2) is 48.5 Å². The Morgan fingerprint density at radius 3 is 1.09 bits per heavy atom. The molecule has 0 aromatic heterocycles. The van der Waals surface area contributed by atoms with Crippen LogP contribution in [0, 0.1) is 0 Å². The molecule has 0 spiro atoms. The van der Waals surface area contributed by atoms with Crippen molar-refractivity contribution in [3.05, 3.63) is 59.7 Å². The van der Waals surface area contributed by atoms with Crippen molar-refractivity contribution in [3.63, 3.8) is 0 Å². The van der Waals surface area contributed by atoms with Crippen LogP contribution >= 0.6 is 0 Å². The Balaban J connectivity index is 1.81. The molecule has 0 aliphatic heterocycles. The number of hydrogen-bond donors (Lipinski definition) is 0. The highest BCUT2D eigenvalue weighted by Crippen LogP contribution is 2.26. The minimum absolute atomic E-state index is 1.03. The molecule has 0 fully saturated rings. The smallest absolute Gasteiger partial charge is 0.0806 e. The van der Waals surface area contributed by atoms with Crippen molar-refractivity contribution >= 4 is 34.6 Å². The molecule has 2 nitrogen and oxygen atoms in total. The van der Waals surface area contributed by atoms with E-state index >= 15 is 0 Å². The lowest BCUT2D eigenvalue weighted by Gasteiger charge is -2.29. The summed E-state index contributed by atoms with van der Waals surface area (Å²) in [5.74, 6) is 0. The van der Waals surface area contributed by atoms with Gasteiger partial charge in [-0.2, -0.15) is 0 Å². The summed E-state index contributed by atoms with van der Waals surface area (Å²) in [5.41, 5.74) is 2.85. The van der Waals surface area contributed by atoms with Gasteiger partial charge in [-0.15, -0.1) is 0 Å². The van der Waals surface area contributed by atoms with Crippen molar-refractivity contribution in [2.24, 2.45) is 0 Å². The lowest BCUT2D eigenvalue weighted by atomic mass is 10.2. The fraction of sp³-hybridized carbons (Fsp3) is 0.600. The molecular formula is C30H54N2Si3. The van der Waals surface area contributed by atoms with Gasteiger partial charge in [0, 0.05) is 21.2 Å². The summed E-state index contributed by atoms with van der Waals surface area (Å²) in [6.07, 6.45) is 2.85. The zero-order chi connectivity index (χ0) is 26.3. The Hall–Kier alpha value is -0.989. The van der Waals surface area contributed by atoms with Crippen molar-refractivity contribution in [2.75, 3.05) is 28.2 Å². The Labute approximate surface area is 221 Å². The highest BCUT2D eigenvalue weighted by atomic mass is 28.3. The number of hydrogen-bond acceptors (Lipinski definition) is 2. The van der Waals surface area contributed by atoms with E-state index in [1.165, 1.54) is 48.1 Å². The summed E-state index contributed by atoms with van der Waals surface area (Å²) in [5, 5.41) is 3.26. The minimum Gasteiger partial charge on any atom is -0.305 e. The summed E-state index contributed by atoms with van der Waals surface area (Å²) >= 11 is 0. The molecule has 0 saturated carbocycles. The molecule has 0 heterocycles. The Bertz CT molecular complexity index is 811. The summed E-state index contributed by atoms with van der Waals surface area (Å²) < 4.78 is 0. The van der Waals surface area contributed by atoms with Crippen molar-refractivity contribution in [3.8, 4) is 0 Å². The average molecular weight is 527 g/mol. The van der Waals surface area contributed by atoms with Crippen LogP contribution in [0.4, 0.5) is 0 Å². The van der Waals surface area contributed by atoms with Gasteiger partial charge in [0.15, 0.2) is 0 Å². The first kappa shape index (κ1) is 30.2.